The molecular weight excluding hydrogens is 282 g/mol. The summed E-state index contributed by atoms with van der Waals surface area (Å²) < 4.78 is 15.4. The minimum absolute atomic E-state index is 0.0158. The summed E-state index contributed by atoms with van der Waals surface area (Å²) in [5, 5.41) is 0.379. The van der Waals surface area contributed by atoms with Crippen LogP contribution >= 0.6 is 11.6 Å². The fourth-order valence-electron chi connectivity index (χ4n) is 1.74. The summed E-state index contributed by atoms with van der Waals surface area (Å²) in [6.45, 7) is 3.73. The Labute approximate surface area is 123 Å². The van der Waals surface area contributed by atoms with Gasteiger partial charge in [-0.05, 0) is 38.0 Å². The van der Waals surface area contributed by atoms with E-state index in [0.717, 1.165) is 5.56 Å². The maximum Gasteiger partial charge on any atom is 0.344 e. The lowest BCUT2D eigenvalue weighted by molar-refractivity contribution is -0.145. The van der Waals surface area contributed by atoms with Crippen LogP contribution in [0, 0.1) is 0 Å². The highest BCUT2D eigenvalue weighted by Crippen LogP contribution is 2.36. The smallest absolute Gasteiger partial charge is 0.344 e. The van der Waals surface area contributed by atoms with Gasteiger partial charge in [-0.15, -0.1) is 0 Å². The van der Waals surface area contributed by atoms with Crippen LogP contribution in [-0.2, 0) is 16.0 Å². The maximum atomic E-state index is 11.3. The number of nitrogens with two attached hydrogens (primary N) is 1. The molecule has 0 aliphatic rings. The molecule has 0 aromatic heterocycles. The van der Waals surface area contributed by atoms with Crippen molar-refractivity contribution in [1.82, 2.24) is 0 Å². The second-order valence-corrected chi connectivity index (χ2v) is 4.79. The molecule has 0 saturated carbocycles. The topological polar surface area (TPSA) is 70.8 Å². The van der Waals surface area contributed by atoms with Gasteiger partial charge in [0, 0.05) is 6.04 Å². The van der Waals surface area contributed by atoms with E-state index in [0.29, 0.717) is 29.5 Å². The first kappa shape index (κ1) is 16.6. The molecule has 0 amide bonds. The zero-order valence-electron chi connectivity index (χ0n) is 11.9. The molecule has 0 bridgehead atoms. The molecule has 1 unspecified atom stereocenters. The Balaban J connectivity index is 2.87. The monoisotopic (exact) mass is 301 g/mol. The molecular formula is C14H20ClNO4. The van der Waals surface area contributed by atoms with Crippen LogP contribution in [0.1, 0.15) is 19.4 Å². The molecule has 112 valence electrons. The number of hydrogen-bond donors (Lipinski definition) is 1. The van der Waals surface area contributed by atoms with E-state index in [2.05, 4.69) is 0 Å². The summed E-state index contributed by atoms with van der Waals surface area (Å²) in [7, 11) is 1.51. The molecule has 0 heterocycles. The third-order valence-electron chi connectivity index (χ3n) is 2.49. The quantitative estimate of drug-likeness (QED) is 0.782. The SMILES string of the molecule is CCOC(=O)COc1c(Cl)cc(CC(C)N)cc1OC. The first-order valence-corrected chi connectivity index (χ1v) is 6.76. The second-order valence-electron chi connectivity index (χ2n) is 4.38. The average Bonchev–Trinajstić information content (AvgIpc) is 2.36. The second kappa shape index (κ2) is 7.97. The molecule has 0 saturated heterocycles. The molecule has 1 aromatic rings. The molecule has 0 fully saturated rings. The molecule has 0 spiro atoms. The van der Waals surface area contributed by atoms with E-state index in [4.69, 9.17) is 31.5 Å². The van der Waals surface area contributed by atoms with Gasteiger partial charge in [-0.25, -0.2) is 4.79 Å². The summed E-state index contributed by atoms with van der Waals surface area (Å²) in [6, 6.07) is 3.57. The van der Waals surface area contributed by atoms with Gasteiger partial charge in [0.2, 0.25) is 0 Å². The Morgan fingerprint density at radius 1 is 1.45 bits per heavy atom. The predicted molar refractivity (Wildman–Crippen MR) is 77.5 cm³/mol. The number of benzene rings is 1. The van der Waals surface area contributed by atoms with Crippen molar-refractivity contribution in [2.45, 2.75) is 26.3 Å². The van der Waals surface area contributed by atoms with Gasteiger partial charge in [0.1, 0.15) is 0 Å². The lowest BCUT2D eigenvalue weighted by Gasteiger charge is -2.14. The Kier molecular flexibility index (Phi) is 6.61. The highest BCUT2D eigenvalue weighted by Gasteiger charge is 2.14. The number of carbonyl (C=O) groups excluding carboxylic acids is 1. The van der Waals surface area contributed by atoms with E-state index in [1.807, 2.05) is 6.92 Å². The van der Waals surface area contributed by atoms with E-state index in [9.17, 15) is 4.79 Å². The lowest BCUT2D eigenvalue weighted by Crippen LogP contribution is -2.18. The number of halogens is 1. The van der Waals surface area contributed by atoms with Gasteiger partial charge in [0.15, 0.2) is 18.1 Å². The van der Waals surface area contributed by atoms with Crippen molar-refractivity contribution < 1.29 is 19.0 Å². The van der Waals surface area contributed by atoms with Gasteiger partial charge in [0.25, 0.3) is 0 Å². The third kappa shape index (κ3) is 4.90. The van der Waals surface area contributed by atoms with Gasteiger partial charge in [-0.2, -0.15) is 0 Å². The van der Waals surface area contributed by atoms with Gasteiger partial charge < -0.3 is 19.9 Å². The van der Waals surface area contributed by atoms with Crippen LogP contribution < -0.4 is 15.2 Å². The Bertz CT molecular complexity index is 463. The van der Waals surface area contributed by atoms with Crippen LogP contribution in [0.3, 0.4) is 0 Å². The molecule has 5 nitrogen and oxygen atoms in total. The number of carbonyl (C=O) groups is 1. The van der Waals surface area contributed by atoms with Gasteiger partial charge >= 0.3 is 5.97 Å². The van der Waals surface area contributed by atoms with Crippen LogP contribution in [0.4, 0.5) is 0 Å². The first-order valence-electron chi connectivity index (χ1n) is 6.38. The molecule has 1 rings (SSSR count). The van der Waals surface area contributed by atoms with Crippen molar-refractivity contribution >= 4 is 17.6 Å². The number of rotatable bonds is 7. The molecule has 20 heavy (non-hydrogen) atoms. The summed E-state index contributed by atoms with van der Waals surface area (Å²) >= 11 is 6.16. The van der Waals surface area contributed by atoms with Crippen molar-refractivity contribution in [3.8, 4) is 11.5 Å². The summed E-state index contributed by atoms with van der Waals surface area (Å²) in [5.41, 5.74) is 6.71. The van der Waals surface area contributed by atoms with Crippen molar-refractivity contribution in [2.75, 3.05) is 20.3 Å². The van der Waals surface area contributed by atoms with E-state index in [1.165, 1.54) is 7.11 Å². The Morgan fingerprint density at radius 3 is 2.70 bits per heavy atom. The molecule has 1 aromatic carbocycles. The highest BCUT2D eigenvalue weighted by molar-refractivity contribution is 6.32. The summed E-state index contributed by atoms with van der Waals surface area (Å²) in [4.78, 5) is 11.3. The maximum absolute atomic E-state index is 11.3. The van der Waals surface area contributed by atoms with Crippen LogP contribution in [0.5, 0.6) is 11.5 Å². The fraction of sp³-hybridized carbons (Fsp3) is 0.500. The van der Waals surface area contributed by atoms with E-state index >= 15 is 0 Å². The first-order chi connectivity index (χ1) is 9.47. The minimum Gasteiger partial charge on any atom is -0.493 e. The van der Waals surface area contributed by atoms with E-state index < -0.39 is 5.97 Å². The molecule has 0 radical (unpaired) electrons. The number of esters is 1. The van der Waals surface area contributed by atoms with Crippen LogP contribution in [0.15, 0.2) is 12.1 Å². The normalized spacial score (nSPS) is 11.8. The highest BCUT2D eigenvalue weighted by atomic mass is 35.5. The molecule has 6 heteroatoms. The molecule has 0 aliphatic heterocycles. The zero-order chi connectivity index (χ0) is 15.1. The van der Waals surface area contributed by atoms with Gasteiger partial charge in [-0.1, -0.05) is 11.6 Å². The lowest BCUT2D eigenvalue weighted by atomic mass is 10.1. The minimum atomic E-state index is -0.453. The largest absolute Gasteiger partial charge is 0.493 e. The van der Waals surface area contributed by atoms with Crippen molar-refractivity contribution in [1.29, 1.82) is 0 Å². The number of ether oxygens (including phenoxy) is 3. The summed E-state index contributed by atoms with van der Waals surface area (Å²) in [6.07, 6.45) is 0.675. The Morgan fingerprint density at radius 2 is 2.15 bits per heavy atom. The third-order valence-corrected chi connectivity index (χ3v) is 2.77. The van der Waals surface area contributed by atoms with Crippen molar-refractivity contribution in [3.05, 3.63) is 22.7 Å². The number of methoxy groups -OCH3 is 1. The zero-order valence-corrected chi connectivity index (χ0v) is 12.7. The molecule has 1 atom stereocenters. The fourth-order valence-corrected chi connectivity index (χ4v) is 2.02. The molecule has 0 aliphatic carbocycles. The van der Waals surface area contributed by atoms with Gasteiger partial charge in [0.05, 0.1) is 18.7 Å². The van der Waals surface area contributed by atoms with Crippen molar-refractivity contribution in [3.63, 3.8) is 0 Å². The number of hydrogen-bond acceptors (Lipinski definition) is 5. The van der Waals surface area contributed by atoms with Crippen LogP contribution in [0.25, 0.3) is 0 Å². The average molecular weight is 302 g/mol. The van der Waals surface area contributed by atoms with Crippen LogP contribution in [-0.4, -0.2) is 32.3 Å². The summed E-state index contributed by atoms with van der Waals surface area (Å²) in [5.74, 6) is 0.346. The van der Waals surface area contributed by atoms with Gasteiger partial charge in [-0.3, -0.25) is 0 Å². The Hall–Kier alpha value is -1.46. The van der Waals surface area contributed by atoms with E-state index in [-0.39, 0.29) is 12.6 Å². The predicted octanol–water partition coefficient (Wildman–Crippen LogP) is 2.18. The molecule has 2 N–H and O–H groups in total. The standard InChI is InChI=1S/C14H20ClNO4/c1-4-19-13(17)8-20-14-11(15)6-10(5-9(2)16)7-12(14)18-3/h6-7,9H,4-5,8,16H2,1-3H3. The van der Waals surface area contributed by atoms with Crippen molar-refractivity contribution in [2.24, 2.45) is 5.73 Å². The van der Waals surface area contributed by atoms with E-state index in [1.54, 1.807) is 19.1 Å². The van der Waals surface area contributed by atoms with Crippen LogP contribution in [0.2, 0.25) is 5.02 Å².